The van der Waals surface area contributed by atoms with Crippen molar-refractivity contribution in [3.8, 4) is 22.6 Å². The zero-order valence-electron chi connectivity index (χ0n) is 24.0. The van der Waals surface area contributed by atoms with E-state index in [9.17, 15) is 9.90 Å². The van der Waals surface area contributed by atoms with Gasteiger partial charge in [-0.15, -0.1) is 15.0 Å². The molecule has 4 rings (SSSR count). The summed E-state index contributed by atoms with van der Waals surface area (Å²) in [4.78, 5) is 14.0. The molecule has 0 aliphatic carbocycles. The highest BCUT2D eigenvalue weighted by Gasteiger charge is 2.22. The van der Waals surface area contributed by atoms with E-state index < -0.39 is 0 Å². The molecule has 1 N–H and O–H groups in total. The van der Waals surface area contributed by atoms with Gasteiger partial charge in [0.25, 0.3) is 0 Å². The number of aryl methyl sites for hydroxylation is 1. The number of nitrogens with zero attached hydrogens (tertiary/aromatic N) is 3. The van der Waals surface area contributed by atoms with Crippen LogP contribution in [0, 0.1) is 0 Å². The van der Waals surface area contributed by atoms with Gasteiger partial charge in [0, 0.05) is 22.6 Å². The number of carbonyl (C=O) groups is 1. The number of halogens is 1. The van der Waals surface area contributed by atoms with Crippen LogP contribution in [0.2, 0.25) is 5.02 Å². The number of aromatic nitrogens is 3. The number of para-hydroxylation sites is 1. The standard InChI is InChI=1S/C33H40ClN3O3/c1-5-6-7-8-9-10-20-40-31(38)19-15-23-14-17-25(26-12-11-13-27(32(26)39)33(2,3)4)30(21-23)37-35-28-18-16-24(34)22-29(28)36-37/h11-14,16-18,21-22,39H,5-10,15,19-20H2,1-4H3. The molecule has 0 bridgehead atoms. The normalized spacial score (nSPS) is 11.7. The van der Waals surface area contributed by atoms with Crippen LogP contribution < -0.4 is 0 Å². The monoisotopic (exact) mass is 561 g/mol. The minimum atomic E-state index is -0.231. The molecule has 0 radical (unpaired) electrons. The third-order valence-corrected chi connectivity index (χ3v) is 7.37. The van der Waals surface area contributed by atoms with Gasteiger partial charge in [0.05, 0.1) is 12.3 Å². The first kappa shape index (κ1) is 29.6. The number of phenols is 1. The first-order valence-electron chi connectivity index (χ1n) is 14.3. The molecule has 4 aromatic rings. The van der Waals surface area contributed by atoms with E-state index in [1.54, 1.807) is 16.9 Å². The molecule has 6 nitrogen and oxygen atoms in total. The van der Waals surface area contributed by atoms with Gasteiger partial charge in [-0.05, 0) is 53.6 Å². The van der Waals surface area contributed by atoms with Crippen LogP contribution in [0.1, 0.15) is 83.8 Å². The van der Waals surface area contributed by atoms with Crippen LogP contribution in [0.15, 0.2) is 54.6 Å². The number of benzene rings is 3. The number of esters is 1. The number of aromatic hydroxyl groups is 1. The summed E-state index contributed by atoms with van der Waals surface area (Å²) in [7, 11) is 0. The average Bonchev–Trinajstić information content (AvgIpc) is 3.34. The summed E-state index contributed by atoms with van der Waals surface area (Å²) >= 11 is 6.20. The minimum Gasteiger partial charge on any atom is -0.507 e. The summed E-state index contributed by atoms with van der Waals surface area (Å²) < 4.78 is 5.48. The molecule has 0 unspecified atom stereocenters. The fourth-order valence-electron chi connectivity index (χ4n) is 4.87. The van der Waals surface area contributed by atoms with Crippen molar-refractivity contribution in [1.29, 1.82) is 0 Å². The summed E-state index contributed by atoms with van der Waals surface area (Å²) in [6.07, 6.45) is 7.76. The molecule has 0 spiro atoms. The summed E-state index contributed by atoms with van der Waals surface area (Å²) in [5, 5.41) is 21.3. The SMILES string of the molecule is CCCCCCCCOC(=O)CCc1ccc(-c2cccc(C(C)(C)C)c2O)c(-n2nc3ccc(Cl)cc3n2)c1. The lowest BCUT2D eigenvalue weighted by atomic mass is 9.84. The highest BCUT2D eigenvalue weighted by Crippen LogP contribution is 2.40. The van der Waals surface area contributed by atoms with Gasteiger partial charge in [0.1, 0.15) is 16.8 Å². The van der Waals surface area contributed by atoms with Crippen LogP contribution in [0.4, 0.5) is 0 Å². The van der Waals surface area contributed by atoms with E-state index in [0.717, 1.165) is 29.5 Å². The molecule has 0 saturated carbocycles. The Hall–Kier alpha value is -3.38. The Labute approximate surface area is 242 Å². The van der Waals surface area contributed by atoms with Crippen LogP contribution in [-0.4, -0.2) is 32.7 Å². The number of hydrogen-bond acceptors (Lipinski definition) is 5. The lowest BCUT2D eigenvalue weighted by Gasteiger charge is -2.22. The average molecular weight is 562 g/mol. The number of hydrogen-bond donors (Lipinski definition) is 1. The summed E-state index contributed by atoms with van der Waals surface area (Å²) in [5.74, 6) is 0.0503. The number of fused-ring (bicyclic) bond motifs is 1. The number of carbonyl (C=O) groups excluding carboxylic acids is 1. The van der Waals surface area contributed by atoms with E-state index >= 15 is 0 Å². The van der Waals surface area contributed by atoms with Crippen LogP contribution in [0.25, 0.3) is 27.8 Å². The van der Waals surface area contributed by atoms with Crippen molar-refractivity contribution in [1.82, 2.24) is 15.0 Å². The van der Waals surface area contributed by atoms with Crippen molar-refractivity contribution < 1.29 is 14.6 Å². The molecule has 0 fully saturated rings. The van der Waals surface area contributed by atoms with E-state index in [-0.39, 0.29) is 17.1 Å². The highest BCUT2D eigenvalue weighted by molar-refractivity contribution is 6.31. The Bertz CT molecular complexity index is 1460. The first-order valence-corrected chi connectivity index (χ1v) is 14.7. The molecule has 1 aromatic heterocycles. The predicted molar refractivity (Wildman–Crippen MR) is 162 cm³/mol. The van der Waals surface area contributed by atoms with Crippen molar-refractivity contribution >= 4 is 28.6 Å². The summed E-state index contributed by atoms with van der Waals surface area (Å²) in [6.45, 7) is 8.91. The van der Waals surface area contributed by atoms with Crippen LogP contribution in [0.3, 0.4) is 0 Å². The highest BCUT2D eigenvalue weighted by atomic mass is 35.5. The molecule has 40 heavy (non-hydrogen) atoms. The molecule has 1 heterocycles. The maximum atomic E-state index is 12.4. The molecule has 7 heteroatoms. The lowest BCUT2D eigenvalue weighted by molar-refractivity contribution is -0.143. The quantitative estimate of drug-likeness (QED) is 0.138. The van der Waals surface area contributed by atoms with Gasteiger partial charge in [-0.2, -0.15) is 0 Å². The van der Waals surface area contributed by atoms with Gasteiger partial charge in [-0.3, -0.25) is 4.79 Å². The number of ether oxygens (including phenoxy) is 1. The second-order valence-electron chi connectivity index (χ2n) is 11.4. The van der Waals surface area contributed by atoms with Crippen LogP contribution in [0.5, 0.6) is 5.75 Å². The first-order chi connectivity index (χ1) is 19.2. The molecular formula is C33H40ClN3O3. The van der Waals surface area contributed by atoms with E-state index in [4.69, 9.17) is 26.5 Å². The smallest absolute Gasteiger partial charge is 0.306 e. The fraction of sp³-hybridized carbons (Fsp3) is 0.424. The third-order valence-electron chi connectivity index (χ3n) is 7.13. The topological polar surface area (TPSA) is 77.2 Å². The maximum absolute atomic E-state index is 12.4. The van der Waals surface area contributed by atoms with E-state index in [1.807, 2.05) is 42.5 Å². The Kier molecular flexibility index (Phi) is 9.85. The van der Waals surface area contributed by atoms with Gasteiger partial charge < -0.3 is 9.84 Å². The van der Waals surface area contributed by atoms with E-state index in [1.165, 1.54) is 25.7 Å². The summed E-state index contributed by atoms with van der Waals surface area (Å²) in [6, 6.07) is 17.2. The Balaban J connectivity index is 1.58. The van der Waals surface area contributed by atoms with Crippen molar-refractivity contribution in [2.75, 3.05) is 6.61 Å². The Morgan fingerprint density at radius 3 is 2.45 bits per heavy atom. The molecule has 3 aromatic carbocycles. The lowest BCUT2D eigenvalue weighted by Crippen LogP contribution is -2.12. The van der Waals surface area contributed by atoms with Gasteiger partial charge in [0.2, 0.25) is 0 Å². The maximum Gasteiger partial charge on any atom is 0.306 e. The third kappa shape index (κ3) is 7.42. The molecule has 0 atom stereocenters. The van der Waals surface area contributed by atoms with Gasteiger partial charge >= 0.3 is 5.97 Å². The zero-order valence-corrected chi connectivity index (χ0v) is 24.8. The van der Waals surface area contributed by atoms with E-state index in [2.05, 4.69) is 27.7 Å². The van der Waals surface area contributed by atoms with Crippen molar-refractivity contribution in [3.63, 3.8) is 0 Å². The van der Waals surface area contributed by atoms with E-state index in [0.29, 0.717) is 46.8 Å². The molecule has 0 aliphatic heterocycles. The minimum absolute atomic E-state index is 0.188. The second-order valence-corrected chi connectivity index (χ2v) is 11.9. The second kappa shape index (κ2) is 13.3. The van der Waals surface area contributed by atoms with Crippen molar-refractivity contribution in [3.05, 3.63) is 70.7 Å². The largest absolute Gasteiger partial charge is 0.507 e. The fourth-order valence-corrected chi connectivity index (χ4v) is 5.04. The Morgan fingerprint density at radius 2 is 1.68 bits per heavy atom. The Morgan fingerprint density at radius 1 is 0.925 bits per heavy atom. The number of unbranched alkanes of at least 4 members (excludes halogenated alkanes) is 5. The molecule has 212 valence electrons. The van der Waals surface area contributed by atoms with Gasteiger partial charge in [0.15, 0.2) is 0 Å². The molecule has 0 saturated heterocycles. The number of rotatable bonds is 12. The van der Waals surface area contributed by atoms with Crippen molar-refractivity contribution in [2.45, 2.75) is 84.5 Å². The number of phenolic OH excluding ortho intramolecular Hbond substituents is 1. The predicted octanol–water partition coefficient (Wildman–Crippen LogP) is 8.58. The summed E-state index contributed by atoms with van der Waals surface area (Å²) in [5.41, 5.74) is 5.19. The van der Waals surface area contributed by atoms with Gasteiger partial charge in [-0.25, -0.2) is 0 Å². The van der Waals surface area contributed by atoms with Crippen LogP contribution >= 0.6 is 11.6 Å². The molecule has 0 amide bonds. The molecule has 0 aliphatic rings. The van der Waals surface area contributed by atoms with Crippen molar-refractivity contribution in [2.24, 2.45) is 0 Å². The van der Waals surface area contributed by atoms with Crippen LogP contribution in [-0.2, 0) is 21.4 Å². The van der Waals surface area contributed by atoms with Gasteiger partial charge in [-0.1, -0.05) is 102 Å². The molecular weight excluding hydrogens is 522 g/mol. The zero-order chi connectivity index (χ0) is 28.7.